The Morgan fingerprint density at radius 1 is 1.42 bits per heavy atom. The molecule has 3 rings (SSSR count). The summed E-state index contributed by atoms with van der Waals surface area (Å²) in [7, 11) is 1.51. The van der Waals surface area contributed by atoms with Gasteiger partial charge >= 0.3 is 0 Å². The summed E-state index contributed by atoms with van der Waals surface area (Å²) in [5.74, 6) is -0.825. The summed E-state index contributed by atoms with van der Waals surface area (Å²) < 4.78 is 14.5. The zero-order chi connectivity index (χ0) is 17.4. The lowest BCUT2D eigenvalue weighted by Crippen LogP contribution is -2.25. The number of hydrogen-bond donors (Lipinski definition) is 1. The molecule has 124 valence electrons. The molecule has 2 aromatic heterocycles. The van der Waals surface area contributed by atoms with E-state index in [0.717, 1.165) is 5.56 Å². The minimum absolute atomic E-state index is 0.0270. The van der Waals surface area contributed by atoms with Crippen LogP contribution in [-0.4, -0.2) is 22.3 Å². The van der Waals surface area contributed by atoms with E-state index >= 15 is 0 Å². The van der Waals surface area contributed by atoms with Crippen molar-refractivity contribution in [3.05, 3.63) is 67.3 Å². The Kier molecular flexibility index (Phi) is 4.38. The molecule has 0 unspecified atom stereocenters. The number of aryl methyl sites for hydroxylation is 1. The summed E-state index contributed by atoms with van der Waals surface area (Å²) in [6.45, 7) is 1.77. The lowest BCUT2D eigenvalue weighted by Gasteiger charge is -2.04. The fourth-order valence-electron chi connectivity index (χ4n) is 2.45. The predicted molar refractivity (Wildman–Crippen MR) is 91.7 cm³/mol. The van der Waals surface area contributed by atoms with Crippen molar-refractivity contribution in [1.82, 2.24) is 14.7 Å². The minimum Gasteiger partial charge on any atom is -0.354 e. The number of rotatable bonds is 3. The molecule has 3 aromatic rings. The number of halogens is 2. The first-order chi connectivity index (χ1) is 11.4. The lowest BCUT2D eigenvalue weighted by molar-refractivity contribution is 0.0956. The van der Waals surface area contributed by atoms with Gasteiger partial charge in [0.15, 0.2) is 4.96 Å². The van der Waals surface area contributed by atoms with E-state index in [2.05, 4.69) is 10.3 Å². The van der Waals surface area contributed by atoms with Gasteiger partial charge in [-0.05, 0) is 24.6 Å². The Bertz CT molecular complexity index is 1010. The number of fused-ring (bicyclic) bond motifs is 1. The van der Waals surface area contributed by atoms with Gasteiger partial charge in [0.25, 0.3) is 11.5 Å². The van der Waals surface area contributed by atoms with E-state index in [1.165, 1.54) is 41.0 Å². The molecular weight excluding hydrogens is 353 g/mol. The zero-order valence-electron chi connectivity index (χ0n) is 12.9. The summed E-state index contributed by atoms with van der Waals surface area (Å²) in [6, 6.07) is 5.77. The fraction of sp³-hybridized carbons (Fsp3) is 0.188. The van der Waals surface area contributed by atoms with E-state index in [1.54, 1.807) is 13.0 Å². The van der Waals surface area contributed by atoms with Gasteiger partial charge in [-0.3, -0.25) is 9.59 Å². The number of nitrogens with one attached hydrogen (secondary N) is 1. The van der Waals surface area contributed by atoms with Crippen molar-refractivity contribution in [2.45, 2.75) is 13.3 Å². The Morgan fingerprint density at radius 3 is 2.83 bits per heavy atom. The molecule has 0 radical (unpaired) electrons. The van der Waals surface area contributed by atoms with Gasteiger partial charge in [0.1, 0.15) is 11.5 Å². The van der Waals surface area contributed by atoms with Crippen LogP contribution in [0, 0.1) is 12.7 Å². The normalized spacial score (nSPS) is 11.0. The molecule has 0 aliphatic heterocycles. The monoisotopic (exact) mass is 365 g/mol. The third kappa shape index (κ3) is 2.92. The smallest absolute Gasteiger partial charge is 0.269 e. The highest BCUT2D eigenvalue weighted by Crippen LogP contribution is 2.21. The summed E-state index contributed by atoms with van der Waals surface area (Å²) in [4.78, 5) is 30.0. The topological polar surface area (TPSA) is 63.5 Å². The van der Waals surface area contributed by atoms with Crippen LogP contribution in [0.25, 0.3) is 4.96 Å². The maximum atomic E-state index is 13.2. The van der Waals surface area contributed by atoms with E-state index in [9.17, 15) is 14.0 Å². The number of benzene rings is 1. The van der Waals surface area contributed by atoms with E-state index in [4.69, 9.17) is 11.6 Å². The van der Waals surface area contributed by atoms with Crippen LogP contribution < -0.4 is 10.9 Å². The molecule has 24 heavy (non-hydrogen) atoms. The van der Waals surface area contributed by atoms with Gasteiger partial charge in [0.2, 0.25) is 0 Å². The molecule has 0 aliphatic rings. The van der Waals surface area contributed by atoms with Crippen LogP contribution in [0.15, 0.2) is 29.1 Å². The van der Waals surface area contributed by atoms with Gasteiger partial charge in [-0.2, -0.15) is 0 Å². The third-order valence-electron chi connectivity index (χ3n) is 3.55. The van der Waals surface area contributed by atoms with Crippen LogP contribution >= 0.6 is 22.9 Å². The first kappa shape index (κ1) is 16.6. The number of carbonyl (C=O) groups excluding carboxylic acids is 1. The molecule has 0 saturated heterocycles. The van der Waals surface area contributed by atoms with Gasteiger partial charge < -0.3 is 5.32 Å². The summed E-state index contributed by atoms with van der Waals surface area (Å²) in [5.41, 5.74) is 1.25. The van der Waals surface area contributed by atoms with Crippen molar-refractivity contribution in [1.29, 1.82) is 0 Å². The fourth-order valence-corrected chi connectivity index (χ4v) is 3.65. The highest BCUT2D eigenvalue weighted by molar-refractivity contribution is 7.17. The number of thiazole rings is 1. The van der Waals surface area contributed by atoms with Crippen molar-refractivity contribution in [3.8, 4) is 0 Å². The number of hydrogen-bond acceptors (Lipinski definition) is 4. The van der Waals surface area contributed by atoms with Gasteiger partial charge in [0, 0.05) is 24.4 Å². The first-order valence-corrected chi connectivity index (χ1v) is 8.28. The van der Waals surface area contributed by atoms with Gasteiger partial charge in [-0.25, -0.2) is 13.8 Å². The molecular formula is C16H13ClFN3O2S. The SMILES string of the molecule is CNC(=O)c1c(C)sc2nc(Cc3ccc(F)c(Cl)c3)cc(=O)n12. The van der Waals surface area contributed by atoms with Crippen molar-refractivity contribution in [2.24, 2.45) is 0 Å². The maximum absolute atomic E-state index is 13.2. The standard InChI is InChI=1S/C16H13ClFN3O2S/c1-8-14(15(23)19-2)21-13(22)7-10(20-16(21)24-8)5-9-3-4-12(18)11(17)6-9/h3-4,6-7H,5H2,1-2H3,(H,19,23). The average Bonchev–Trinajstić information content (AvgIpc) is 2.86. The molecule has 2 heterocycles. The predicted octanol–water partition coefficient (Wildman–Crippen LogP) is 2.81. The van der Waals surface area contributed by atoms with E-state index in [0.29, 0.717) is 27.6 Å². The summed E-state index contributed by atoms with van der Waals surface area (Å²) in [5, 5.41) is 2.55. The molecule has 0 bridgehead atoms. The van der Waals surface area contributed by atoms with Crippen LogP contribution in [0.1, 0.15) is 26.6 Å². The van der Waals surface area contributed by atoms with Crippen molar-refractivity contribution >= 4 is 33.8 Å². The Hall–Kier alpha value is -2.25. The Morgan fingerprint density at radius 2 is 2.17 bits per heavy atom. The molecule has 0 fully saturated rings. The molecule has 0 saturated carbocycles. The molecule has 5 nitrogen and oxygen atoms in total. The molecule has 1 N–H and O–H groups in total. The first-order valence-electron chi connectivity index (χ1n) is 7.08. The van der Waals surface area contributed by atoms with Gasteiger partial charge in [-0.1, -0.05) is 17.7 Å². The number of aromatic nitrogens is 2. The minimum atomic E-state index is -0.493. The van der Waals surface area contributed by atoms with Gasteiger partial charge in [-0.15, -0.1) is 11.3 Å². The molecule has 0 spiro atoms. The zero-order valence-corrected chi connectivity index (χ0v) is 14.5. The highest BCUT2D eigenvalue weighted by atomic mass is 35.5. The van der Waals surface area contributed by atoms with Crippen molar-refractivity contribution < 1.29 is 9.18 Å². The number of amides is 1. The summed E-state index contributed by atoms with van der Waals surface area (Å²) in [6.07, 6.45) is 0.345. The Labute approximate surface area is 145 Å². The molecule has 8 heteroatoms. The summed E-state index contributed by atoms with van der Waals surface area (Å²) >= 11 is 7.05. The Balaban J connectivity index is 2.07. The van der Waals surface area contributed by atoms with E-state index in [-0.39, 0.29) is 16.5 Å². The third-order valence-corrected chi connectivity index (χ3v) is 4.80. The van der Waals surface area contributed by atoms with Crippen LogP contribution in [0.5, 0.6) is 0 Å². The second kappa shape index (κ2) is 6.33. The number of carbonyl (C=O) groups is 1. The second-order valence-electron chi connectivity index (χ2n) is 5.21. The van der Waals surface area contributed by atoms with Crippen molar-refractivity contribution in [2.75, 3.05) is 7.05 Å². The van der Waals surface area contributed by atoms with Crippen molar-refractivity contribution in [3.63, 3.8) is 0 Å². The lowest BCUT2D eigenvalue weighted by atomic mass is 10.1. The maximum Gasteiger partial charge on any atom is 0.269 e. The van der Waals surface area contributed by atoms with Crippen LogP contribution in [0.3, 0.4) is 0 Å². The van der Waals surface area contributed by atoms with Crippen LogP contribution in [-0.2, 0) is 6.42 Å². The second-order valence-corrected chi connectivity index (χ2v) is 6.80. The quantitative estimate of drug-likeness (QED) is 0.776. The average molecular weight is 366 g/mol. The molecule has 1 aromatic carbocycles. The van der Waals surface area contributed by atoms with Crippen LogP contribution in [0.4, 0.5) is 4.39 Å². The van der Waals surface area contributed by atoms with E-state index < -0.39 is 5.82 Å². The van der Waals surface area contributed by atoms with Crippen LogP contribution in [0.2, 0.25) is 5.02 Å². The van der Waals surface area contributed by atoms with E-state index in [1.807, 2.05) is 0 Å². The highest BCUT2D eigenvalue weighted by Gasteiger charge is 2.18. The largest absolute Gasteiger partial charge is 0.354 e. The van der Waals surface area contributed by atoms with Gasteiger partial charge in [0.05, 0.1) is 10.7 Å². The molecule has 1 amide bonds. The number of nitrogens with zero attached hydrogens (tertiary/aromatic N) is 2. The molecule has 0 atom stereocenters. The molecule has 0 aliphatic carbocycles.